The van der Waals surface area contributed by atoms with Gasteiger partial charge in [-0.2, -0.15) is 0 Å². The minimum Gasteiger partial charge on any atom is -0.496 e. The molecule has 2 aromatic rings. The van der Waals surface area contributed by atoms with Gasteiger partial charge in [-0.25, -0.2) is 9.97 Å². The number of hydrogen-bond acceptors (Lipinski definition) is 4. The molecule has 0 unspecified atom stereocenters. The number of aryl methyl sites for hydroxylation is 1. The van der Waals surface area contributed by atoms with Crippen molar-refractivity contribution < 1.29 is 4.74 Å². The minimum atomic E-state index is 0.294. The highest BCUT2D eigenvalue weighted by atomic mass is 16.5. The van der Waals surface area contributed by atoms with Gasteiger partial charge in [0.15, 0.2) is 0 Å². The first-order chi connectivity index (χ1) is 6.70. The summed E-state index contributed by atoms with van der Waals surface area (Å²) >= 11 is 0. The number of fused-ring (bicyclic) bond motifs is 1. The molecule has 0 aliphatic rings. The largest absolute Gasteiger partial charge is 0.496 e. The molecule has 0 saturated heterocycles. The molecule has 72 valence electrons. The van der Waals surface area contributed by atoms with E-state index in [2.05, 4.69) is 9.97 Å². The van der Waals surface area contributed by atoms with Gasteiger partial charge in [0.05, 0.1) is 12.6 Å². The van der Waals surface area contributed by atoms with E-state index < -0.39 is 0 Å². The third kappa shape index (κ3) is 1.35. The van der Waals surface area contributed by atoms with Crippen LogP contribution in [0, 0.1) is 6.92 Å². The Balaban J connectivity index is 2.73. The highest BCUT2D eigenvalue weighted by Crippen LogP contribution is 2.23. The predicted molar refractivity (Wildman–Crippen MR) is 55.2 cm³/mol. The lowest BCUT2D eigenvalue weighted by Gasteiger charge is -2.05. The van der Waals surface area contributed by atoms with Gasteiger partial charge in [0.25, 0.3) is 0 Å². The van der Waals surface area contributed by atoms with Crippen molar-refractivity contribution in [3.05, 3.63) is 23.9 Å². The lowest BCUT2D eigenvalue weighted by Crippen LogP contribution is -1.95. The Labute approximate surface area is 81.7 Å². The first-order valence-electron chi connectivity index (χ1n) is 4.27. The number of methoxy groups -OCH3 is 1. The molecular weight excluding hydrogens is 178 g/mol. The topological polar surface area (TPSA) is 61.0 Å². The summed E-state index contributed by atoms with van der Waals surface area (Å²) < 4.78 is 5.20. The van der Waals surface area contributed by atoms with Crippen LogP contribution < -0.4 is 10.5 Å². The molecule has 0 bridgehead atoms. The average molecular weight is 189 g/mol. The van der Waals surface area contributed by atoms with Gasteiger partial charge in [-0.1, -0.05) is 0 Å². The van der Waals surface area contributed by atoms with E-state index in [0.717, 1.165) is 22.2 Å². The molecule has 14 heavy (non-hydrogen) atoms. The number of nitrogens with two attached hydrogens (primary N) is 1. The second-order valence-electron chi connectivity index (χ2n) is 3.11. The Hall–Kier alpha value is -1.84. The first-order valence-corrected chi connectivity index (χ1v) is 4.27. The Bertz CT molecular complexity index is 482. The van der Waals surface area contributed by atoms with Gasteiger partial charge >= 0.3 is 0 Å². The second-order valence-corrected chi connectivity index (χ2v) is 3.11. The Morgan fingerprint density at radius 1 is 1.36 bits per heavy atom. The van der Waals surface area contributed by atoms with Gasteiger partial charge in [0, 0.05) is 11.6 Å². The number of ether oxygens (including phenoxy) is 1. The standard InChI is InChI=1S/C10H11N3O/c1-6-3-8-7(4-9(6)14-2)5-12-10(11)13-8/h3-5H,1-2H3,(H2,11,12,13). The first kappa shape index (κ1) is 8.74. The molecule has 1 heterocycles. The van der Waals surface area contributed by atoms with Crippen LogP contribution in [0.1, 0.15) is 5.56 Å². The zero-order chi connectivity index (χ0) is 10.1. The molecule has 4 heteroatoms. The number of benzene rings is 1. The molecule has 0 aliphatic heterocycles. The van der Waals surface area contributed by atoms with Gasteiger partial charge < -0.3 is 10.5 Å². The van der Waals surface area contributed by atoms with E-state index in [4.69, 9.17) is 10.5 Å². The van der Waals surface area contributed by atoms with E-state index in [0.29, 0.717) is 5.95 Å². The maximum atomic E-state index is 5.49. The summed E-state index contributed by atoms with van der Waals surface area (Å²) in [4.78, 5) is 8.05. The fourth-order valence-corrected chi connectivity index (χ4v) is 1.40. The van der Waals surface area contributed by atoms with Crippen molar-refractivity contribution in [1.29, 1.82) is 0 Å². The summed E-state index contributed by atoms with van der Waals surface area (Å²) in [7, 11) is 1.65. The van der Waals surface area contributed by atoms with E-state index in [1.165, 1.54) is 0 Å². The molecule has 2 rings (SSSR count). The fourth-order valence-electron chi connectivity index (χ4n) is 1.40. The zero-order valence-electron chi connectivity index (χ0n) is 8.11. The molecule has 1 aromatic heterocycles. The van der Waals surface area contributed by atoms with Crippen molar-refractivity contribution in [3.63, 3.8) is 0 Å². The zero-order valence-corrected chi connectivity index (χ0v) is 8.11. The van der Waals surface area contributed by atoms with Gasteiger partial charge in [-0.15, -0.1) is 0 Å². The summed E-state index contributed by atoms with van der Waals surface area (Å²) in [5.41, 5.74) is 7.37. The van der Waals surface area contributed by atoms with Gasteiger partial charge in [0.1, 0.15) is 5.75 Å². The normalized spacial score (nSPS) is 10.4. The number of anilines is 1. The lowest BCUT2D eigenvalue weighted by molar-refractivity contribution is 0.412. The number of nitrogen functional groups attached to an aromatic ring is 1. The summed E-state index contributed by atoms with van der Waals surface area (Å²) in [5, 5.41) is 0.932. The fraction of sp³-hybridized carbons (Fsp3) is 0.200. The van der Waals surface area contributed by atoms with Crippen LogP contribution in [0.5, 0.6) is 5.75 Å². The maximum Gasteiger partial charge on any atom is 0.220 e. The molecule has 0 fully saturated rings. The van der Waals surface area contributed by atoms with Gasteiger partial charge in [0.2, 0.25) is 5.95 Å². The molecule has 4 nitrogen and oxygen atoms in total. The van der Waals surface area contributed by atoms with Crippen LogP contribution in [0.3, 0.4) is 0 Å². The number of aromatic nitrogens is 2. The molecule has 0 aliphatic carbocycles. The monoisotopic (exact) mass is 189 g/mol. The van der Waals surface area contributed by atoms with Crippen LogP contribution in [0.15, 0.2) is 18.3 Å². The molecular formula is C10H11N3O. The van der Waals surface area contributed by atoms with Crippen LogP contribution in [0.25, 0.3) is 10.9 Å². The number of nitrogens with zero attached hydrogens (tertiary/aromatic N) is 2. The summed E-state index contributed by atoms with van der Waals surface area (Å²) in [6.45, 7) is 1.97. The second kappa shape index (κ2) is 3.14. The van der Waals surface area contributed by atoms with E-state index >= 15 is 0 Å². The van der Waals surface area contributed by atoms with Crippen LogP contribution >= 0.6 is 0 Å². The molecule has 0 saturated carbocycles. The Morgan fingerprint density at radius 3 is 2.86 bits per heavy atom. The van der Waals surface area contributed by atoms with Crippen LogP contribution in [0.4, 0.5) is 5.95 Å². The molecule has 2 N–H and O–H groups in total. The molecule has 1 aromatic carbocycles. The molecule has 0 spiro atoms. The smallest absolute Gasteiger partial charge is 0.220 e. The molecule has 0 radical (unpaired) electrons. The Kier molecular flexibility index (Phi) is 1.96. The van der Waals surface area contributed by atoms with Crippen molar-refractivity contribution in [2.24, 2.45) is 0 Å². The Morgan fingerprint density at radius 2 is 2.14 bits per heavy atom. The van der Waals surface area contributed by atoms with E-state index in [1.807, 2.05) is 19.1 Å². The highest BCUT2D eigenvalue weighted by Gasteiger charge is 2.02. The van der Waals surface area contributed by atoms with Crippen molar-refractivity contribution in [1.82, 2.24) is 9.97 Å². The van der Waals surface area contributed by atoms with Crippen LogP contribution in [-0.2, 0) is 0 Å². The number of rotatable bonds is 1. The predicted octanol–water partition coefficient (Wildman–Crippen LogP) is 1.53. The third-order valence-corrected chi connectivity index (χ3v) is 2.12. The van der Waals surface area contributed by atoms with Gasteiger partial charge in [-0.3, -0.25) is 0 Å². The molecule has 0 amide bonds. The highest BCUT2D eigenvalue weighted by molar-refractivity contribution is 5.81. The third-order valence-electron chi connectivity index (χ3n) is 2.12. The van der Waals surface area contributed by atoms with Crippen molar-refractivity contribution in [2.75, 3.05) is 12.8 Å². The summed E-state index contributed by atoms with van der Waals surface area (Å²) in [6.07, 6.45) is 1.69. The van der Waals surface area contributed by atoms with E-state index in [1.54, 1.807) is 13.3 Å². The van der Waals surface area contributed by atoms with E-state index in [-0.39, 0.29) is 0 Å². The SMILES string of the molecule is COc1cc2cnc(N)nc2cc1C. The van der Waals surface area contributed by atoms with Crippen molar-refractivity contribution >= 4 is 16.9 Å². The van der Waals surface area contributed by atoms with Crippen molar-refractivity contribution in [2.45, 2.75) is 6.92 Å². The van der Waals surface area contributed by atoms with Gasteiger partial charge in [-0.05, 0) is 24.6 Å². The lowest BCUT2D eigenvalue weighted by atomic mass is 10.1. The summed E-state index contributed by atoms with van der Waals surface area (Å²) in [5.74, 6) is 1.13. The minimum absolute atomic E-state index is 0.294. The van der Waals surface area contributed by atoms with Crippen molar-refractivity contribution in [3.8, 4) is 5.75 Å². The molecule has 0 atom stereocenters. The average Bonchev–Trinajstić information content (AvgIpc) is 2.16. The van der Waals surface area contributed by atoms with Crippen LogP contribution in [-0.4, -0.2) is 17.1 Å². The van der Waals surface area contributed by atoms with E-state index in [9.17, 15) is 0 Å². The number of hydrogen-bond donors (Lipinski definition) is 1. The quantitative estimate of drug-likeness (QED) is 0.739. The summed E-state index contributed by atoms with van der Waals surface area (Å²) in [6, 6.07) is 3.84. The maximum absolute atomic E-state index is 5.49. The van der Waals surface area contributed by atoms with Crippen LogP contribution in [0.2, 0.25) is 0 Å².